The molecule has 0 aromatic rings. The first-order valence-corrected chi connectivity index (χ1v) is 45.5. The van der Waals surface area contributed by atoms with Gasteiger partial charge in [0.25, 0.3) is 0 Å². The molecule has 0 saturated carbocycles. The van der Waals surface area contributed by atoms with Crippen LogP contribution < -0.4 is 0 Å². The number of carbonyl (C=O) groups excluding carboxylic acids is 4. The molecule has 0 rings (SSSR count). The molecule has 0 aromatic heterocycles. The molecule has 2 unspecified atom stereocenters. The topological polar surface area (TPSA) is 237 Å². The lowest BCUT2D eigenvalue weighted by atomic mass is 10.0. The number of hydrogen-bond acceptors (Lipinski definition) is 15. The van der Waals surface area contributed by atoms with Crippen molar-refractivity contribution in [3.8, 4) is 0 Å². The normalized spacial score (nSPS) is 13.9. The summed E-state index contributed by atoms with van der Waals surface area (Å²) in [7, 11) is -9.92. The molecule has 0 saturated heterocycles. The number of hydrogen-bond donors (Lipinski definition) is 3. The maximum absolute atomic E-state index is 13.1. The highest BCUT2D eigenvalue weighted by atomic mass is 31.2. The maximum Gasteiger partial charge on any atom is 0.472 e. The Morgan fingerprint density at radius 1 is 0.267 bits per heavy atom. The smallest absolute Gasteiger partial charge is 0.462 e. The van der Waals surface area contributed by atoms with Crippen molar-refractivity contribution in [1.29, 1.82) is 0 Å². The van der Waals surface area contributed by atoms with Gasteiger partial charge in [-0.15, -0.1) is 0 Å². The summed E-state index contributed by atoms with van der Waals surface area (Å²) in [6.07, 6.45) is 64.0. The zero-order chi connectivity index (χ0) is 74.2. The minimum Gasteiger partial charge on any atom is -0.462 e. The van der Waals surface area contributed by atoms with Crippen LogP contribution in [0.2, 0.25) is 0 Å². The Hall–Kier alpha value is -1.94. The number of unbranched alkanes of at least 4 members (excludes halogenated alkanes) is 51. The molecule has 5 atom stereocenters. The van der Waals surface area contributed by atoms with Crippen LogP contribution in [0.25, 0.3) is 0 Å². The highest BCUT2D eigenvalue weighted by Gasteiger charge is 2.30. The van der Waals surface area contributed by atoms with Crippen LogP contribution in [0, 0.1) is 11.8 Å². The Kier molecular flexibility index (Phi) is 72.2. The number of phosphoric ester groups is 2. The Bertz CT molecular complexity index is 1940. The van der Waals surface area contributed by atoms with E-state index in [4.69, 9.17) is 37.0 Å². The van der Waals surface area contributed by atoms with Gasteiger partial charge in [-0.05, 0) is 37.5 Å². The molecule has 0 aliphatic carbocycles. The van der Waals surface area contributed by atoms with Gasteiger partial charge in [-0.1, -0.05) is 382 Å². The zero-order valence-electron chi connectivity index (χ0n) is 66.2. The molecule has 0 aliphatic heterocycles. The minimum absolute atomic E-state index is 0.105. The Labute approximate surface area is 619 Å². The highest BCUT2D eigenvalue weighted by molar-refractivity contribution is 7.47. The predicted molar refractivity (Wildman–Crippen MR) is 414 cm³/mol. The molecular formula is C82H160O17P2. The lowest BCUT2D eigenvalue weighted by Gasteiger charge is -2.21. The number of carbonyl (C=O) groups is 4. The van der Waals surface area contributed by atoms with E-state index in [1.54, 1.807) is 0 Å². The van der Waals surface area contributed by atoms with Crippen molar-refractivity contribution in [3.63, 3.8) is 0 Å². The lowest BCUT2D eigenvalue weighted by Crippen LogP contribution is -2.30. The molecule has 0 spiro atoms. The quantitative estimate of drug-likeness (QED) is 0.0222. The number of ether oxygens (including phenoxy) is 4. The second-order valence-corrected chi connectivity index (χ2v) is 33.4. The van der Waals surface area contributed by atoms with Gasteiger partial charge in [0.05, 0.1) is 26.4 Å². The SMILES string of the molecule is CCCCCCCCCCCCCCCCCCCCCC(=O)OC[C@H](COP(=O)(O)OC[C@@H](O)COP(=O)(O)OC[C@@H](COC(=O)CCCCCCCCCCCC)OC(=O)CCCCCCCCCCC(C)C)OC(=O)CCCCCCCCCCCCCCCCCCCCC(C)C. The fourth-order valence-corrected chi connectivity index (χ4v) is 14.3. The van der Waals surface area contributed by atoms with Crippen molar-refractivity contribution >= 4 is 39.5 Å². The van der Waals surface area contributed by atoms with E-state index in [-0.39, 0.29) is 25.7 Å². The zero-order valence-corrected chi connectivity index (χ0v) is 68.0. The van der Waals surface area contributed by atoms with Gasteiger partial charge < -0.3 is 33.8 Å². The molecule has 101 heavy (non-hydrogen) atoms. The highest BCUT2D eigenvalue weighted by Crippen LogP contribution is 2.45. The largest absolute Gasteiger partial charge is 0.472 e. The van der Waals surface area contributed by atoms with E-state index < -0.39 is 97.5 Å². The monoisotopic (exact) mass is 1480 g/mol. The minimum atomic E-state index is -4.96. The van der Waals surface area contributed by atoms with Crippen LogP contribution in [0.3, 0.4) is 0 Å². The molecule has 0 heterocycles. The van der Waals surface area contributed by atoms with Crippen molar-refractivity contribution < 1.29 is 80.2 Å². The van der Waals surface area contributed by atoms with Crippen LogP contribution in [-0.2, 0) is 65.4 Å². The fraction of sp³-hybridized carbons (Fsp3) is 0.951. The Morgan fingerprint density at radius 3 is 0.673 bits per heavy atom. The van der Waals surface area contributed by atoms with E-state index in [9.17, 15) is 43.2 Å². The Balaban J connectivity index is 5.20. The van der Waals surface area contributed by atoms with Crippen molar-refractivity contribution in [3.05, 3.63) is 0 Å². The first kappa shape index (κ1) is 99.1. The van der Waals surface area contributed by atoms with Gasteiger partial charge in [0.2, 0.25) is 0 Å². The van der Waals surface area contributed by atoms with Crippen molar-refractivity contribution in [1.82, 2.24) is 0 Å². The summed E-state index contributed by atoms with van der Waals surface area (Å²) in [6.45, 7) is 9.62. The molecule has 0 bridgehead atoms. The molecule has 3 N–H and O–H groups in total. The van der Waals surface area contributed by atoms with Gasteiger partial charge in [0.1, 0.15) is 19.3 Å². The number of phosphoric acid groups is 2. The number of aliphatic hydroxyl groups is 1. The first-order chi connectivity index (χ1) is 48.9. The van der Waals surface area contributed by atoms with Crippen LogP contribution in [0.15, 0.2) is 0 Å². The van der Waals surface area contributed by atoms with E-state index in [0.717, 1.165) is 102 Å². The summed E-state index contributed by atoms with van der Waals surface area (Å²) >= 11 is 0. The van der Waals surface area contributed by atoms with Crippen LogP contribution in [0.4, 0.5) is 0 Å². The van der Waals surface area contributed by atoms with Gasteiger partial charge in [-0.3, -0.25) is 37.3 Å². The summed E-state index contributed by atoms with van der Waals surface area (Å²) in [6, 6.07) is 0. The van der Waals surface area contributed by atoms with Gasteiger partial charge in [-0.25, -0.2) is 9.13 Å². The van der Waals surface area contributed by atoms with E-state index in [1.165, 1.54) is 250 Å². The molecule has 600 valence electrons. The molecule has 0 amide bonds. The summed E-state index contributed by atoms with van der Waals surface area (Å²) in [5.74, 6) is -0.571. The lowest BCUT2D eigenvalue weighted by molar-refractivity contribution is -0.161. The average Bonchev–Trinajstić information content (AvgIpc) is 0.933. The number of aliphatic hydroxyl groups excluding tert-OH is 1. The maximum atomic E-state index is 13.1. The molecule has 0 fully saturated rings. The molecule has 0 aliphatic rings. The molecule has 0 radical (unpaired) electrons. The van der Waals surface area contributed by atoms with Gasteiger partial charge in [0.15, 0.2) is 12.2 Å². The van der Waals surface area contributed by atoms with E-state index in [1.807, 2.05) is 0 Å². The number of esters is 4. The molecule has 19 heteroatoms. The van der Waals surface area contributed by atoms with Crippen molar-refractivity contribution in [2.75, 3.05) is 39.6 Å². The van der Waals surface area contributed by atoms with Crippen molar-refractivity contribution in [2.24, 2.45) is 11.8 Å². The Morgan fingerprint density at radius 2 is 0.455 bits per heavy atom. The first-order valence-electron chi connectivity index (χ1n) is 42.5. The summed E-state index contributed by atoms with van der Waals surface area (Å²) in [5.41, 5.74) is 0. The van der Waals surface area contributed by atoms with Crippen LogP contribution in [-0.4, -0.2) is 96.7 Å². The third kappa shape index (κ3) is 76.1. The van der Waals surface area contributed by atoms with Gasteiger partial charge in [0, 0.05) is 25.7 Å². The van der Waals surface area contributed by atoms with Gasteiger partial charge in [-0.2, -0.15) is 0 Å². The fourth-order valence-electron chi connectivity index (χ4n) is 12.7. The number of rotatable bonds is 81. The third-order valence-electron chi connectivity index (χ3n) is 19.2. The molecular weight excluding hydrogens is 1320 g/mol. The molecule has 17 nitrogen and oxygen atoms in total. The predicted octanol–water partition coefficient (Wildman–Crippen LogP) is 24.7. The van der Waals surface area contributed by atoms with Gasteiger partial charge >= 0.3 is 39.5 Å². The summed E-state index contributed by atoms with van der Waals surface area (Å²) in [4.78, 5) is 73.0. The van der Waals surface area contributed by atoms with E-state index in [2.05, 4.69) is 41.5 Å². The summed E-state index contributed by atoms with van der Waals surface area (Å²) in [5, 5.41) is 10.6. The average molecular weight is 1480 g/mol. The van der Waals surface area contributed by atoms with E-state index in [0.29, 0.717) is 25.7 Å². The standard InChI is InChI=1S/C82H160O17P2/c1-7-9-11-13-15-17-19-20-21-22-23-27-30-33-36-40-47-53-59-65-80(85)93-70-77(98-81(86)66-60-54-48-41-37-34-31-28-25-24-26-29-32-35-38-44-50-56-62-74(3)4)72-96-100(88,89)94-68-76(83)69-95-101(90,91)97-73-78(71-92-79(84)64-58-52-46-39-18-16-14-12-10-8-2)99-82(87)67-61-55-49-43-42-45-51-57-63-75(5)6/h74-78,83H,7-73H2,1-6H3,(H,88,89)(H,90,91)/t76-,77-,78-/m1/s1. The van der Waals surface area contributed by atoms with Crippen LogP contribution in [0.5, 0.6) is 0 Å². The van der Waals surface area contributed by atoms with E-state index >= 15 is 0 Å². The summed E-state index contributed by atoms with van der Waals surface area (Å²) < 4.78 is 68.7. The van der Waals surface area contributed by atoms with Crippen molar-refractivity contribution in [2.45, 2.75) is 452 Å². The molecule has 0 aromatic carbocycles. The van der Waals surface area contributed by atoms with Crippen LogP contribution >= 0.6 is 15.6 Å². The third-order valence-corrected chi connectivity index (χ3v) is 21.1. The van der Waals surface area contributed by atoms with Crippen LogP contribution in [0.1, 0.15) is 433 Å². The second-order valence-electron chi connectivity index (χ2n) is 30.5. The second kappa shape index (κ2) is 73.6.